The number of nitrogens with zero attached hydrogens (tertiary/aromatic N) is 1. The van der Waals surface area contributed by atoms with Gasteiger partial charge in [0.15, 0.2) is 0 Å². The van der Waals surface area contributed by atoms with Crippen molar-refractivity contribution in [2.24, 2.45) is 5.73 Å². The van der Waals surface area contributed by atoms with Crippen LogP contribution in [0.5, 0.6) is 5.75 Å². The zero-order valence-corrected chi connectivity index (χ0v) is 11.1. The van der Waals surface area contributed by atoms with Gasteiger partial charge < -0.3 is 10.5 Å². The molecule has 1 unspecified atom stereocenters. The standard InChI is InChI=1S/C15H17FN2O/c1-3-15(17,11-6-4-7-12(16)10-11)14-13(19-2)8-5-9-18-14/h4-10H,3,17H2,1-2H3. The van der Waals surface area contributed by atoms with Gasteiger partial charge in [-0.3, -0.25) is 4.98 Å². The van der Waals surface area contributed by atoms with Gasteiger partial charge >= 0.3 is 0 Å². The molecule has 0 aliphatic rings. The van der Waals surface area contributed by atoms with Gasteiger partial charge in [-0.1, -0.05) is 19.1 Å². The van der Waals surface area contributed by atoms with Crippen molar-refractivity contribution < 1.29 is 9.13 Å². The first-order valence-electron chi connectivity index (χ1n) is 6.16. The van der Waals surface area contributed by atoms with E-state index in [1.165, 1.54) is 12.1 Å². The molecule has 1 aromatic carbocycles. The fourth-order valence-corrected chi connectivity index (χ4v) is 2.16. The highest BCUT2D eigenvalue weighted by Gasteiger charge is 2.32. The van der Waals surface area contributed by atoms with Gasteiger partial charge in [0.2, 0.25) is 0 Å². The number of hydrogen-bond donors (Lipinski definition) is 1. The number of methoxy groups -OCH3 is 1. The first-order valence-corrected chi connectivity index (χ1v) is 6.16. The lowest BCUT2D eigenvalue weighted by Gasteiger charge is -2.29. The van der Waals surface area contributed by atoms with E-state index in [4.69, 9.17) is 10.5 Å². The number of pyridine rings is 1. The largest absolute Gasteiger partial charge is 0.495 e. The fraction of sp³-hybridized carbons (Fsp3) is 0.267. The summed E-state index contributed by atoms with van der Waals surface area (Å²) in [5.41, 5.74) is 6.91. The van der Waals surface area contributed by atoms with E-state index in [9.17, 15) is 4.39 Å². The Morgan fingerprint density at radius 1 is 1.32 bits per heavy atom. The highest BCUT2D eigenvalue weighted by molar-refractivity contribution is 5.41. The minimum Gasteiger partial charge on any atom is -0.495 e. The molecule has 1 heterocycles. The summed E-state index contributed by atoms with van der Waals surface area (Å²) in [6, 6.07) is 9.88. The summed E-state index contributed by atoms with van der Waals surface area (Å²) in [4.78, 5) is 4.33. The summed E-state index contributed by atoms with van der Waals surface area (Å²) < 4.78 is 18.7. The van der Waals surface area contributed by atoms with Crippen molar-refractivity contribution in [1.82, 2.24) is 4.98 Å². The summed E-state index contributed by atoms with van der Waals surface area (Å²) in [5, 5.41) is 0. The minimum absolute atomic E-state index is 0.310. The molecular formula is C15H17FN2O. The summed E-state index contributed by atoms with van der Waals surface area (Å²) in [7, 11) is 1.57. The Labute approximate surface area is 112 Å². The zero-order valence-electron chi connectivity index (χ0n) is 11.1. The van der Waals surface area contributed by atoms with Gasteiger partial charge in [0.25, 0.3) is 0 Å². The third-order valence-electron chi connectivity index (χ3n) is 3.31. The van der Waals surface area contributed by atoms with Gasteiger partial charge in [0.05, 0.1) is 12.6 Å². The number of rotatable bonds is 4. The number of ether oxygens (including phenoxy) is 1. The van der Waals surface area contributed by atoms with E-state index in [0.29, 0.717) is 23.4 Å². The highest BCUT2D eigenvalue weighted by Crippen LogP contribution is 2.34. The van der Waals surface area contributed by atoms with Gasteiger partial charge in [-0.05, 0) is 36.2 Å². The lowest BCUT2D eigenvalue weighted by molar-refractivity contribution is 0.384. The second-order valence-electron chi connectivity index (χ2n) is 4.39. The predicted molar refractivity (Wildman–Crippen MR) is 72.4 cm³/mol. The van der Waals surface area contributed by atoms with E-state index in [-0.39, 0.29) is 5.82 Å². The maximum absolute atomic E-state index is 13.4. The Morgan fingerprint density at radius 3 is 2.74 bits per heavy atom. The summed E-state index contributed by atoms with van der Waals surface area (Å²) in [5.74, 6) is 0.298. The van der Waals surface area contributed by atoms with Crippen molar-refractivity contribution in [3.05, 3.63) is 59.7 Å². The minimum atomic E-state index is -0.866. The molecular weight excluding hydrogens is 243 g/mol. The number of benzene rings is 1. The van der Waals surface area contributed by atoms with Crippen LogP contribution in [-0.2, 0) is 5.54 Å². The van der Waals surface area contributed by atoms with Crippen molar-refractivity contribution in [1.29, 1.82) is 0 Å². The lowest BCUT2D eigenvalue weighted by atomic mass is 9.84. The van der Waals surface area contributed by atoms with Gasteiger partial charge in [-0.15, -0.1) is 0 Å². The quantitative estimate of drug-likeness (QED) is 0.919. The third-order valence-corrected chi connectivity index (χ3v) is 3.31. The molecule has 3 nitrogen and oxygen atoms in total. The van der Waals surface area contributed by atoms with Gasteiger partial charge in [0.1, 0.15) is 17.3 Å². The van der Waals surface area contributed by atoms with E-state index in [1.807, 2.05) is 6.92 Å². The topological polar surface area (TPSA) is 48.1 Å². The Kier molecular flexibility index (Phi) is 3.81. The van der Waals surface area contributed by atoms with Crippen molar-refractivity contribution >= 4 is 0 Å². The maximum atomic E-state index is 13.4. The molecule has 1 atom stereocenters. The Bertz CT molecular complexity index is 574. The second kappa shape index (κ2) is 5.36. The Balaban J connectivity index is 2.59. The van der Waals surface area contributed by atoms with Crippen LogP contribution in [-0.4, -0.2) is 12.1 Å². The number of aromatic nitrogens is 1. The highest BCUT2D eigenvalue weighted by atomic mass is 19.1. The van der Waals surface area contributed by atoms with E-state index >= 15 is 0 Å². The van der Waals surface area contributed by atoms with Crippen LogP contribution in [0.3, 0.4) is 0 Å². The molecule has 0 saturated carbocycles. The number of hydrogen-bond acceptors (Lipinski definition) is 3. The predicted octanol–water partition coefficient (Wildman–Crippen LogP) is 2.84. The van der Waals surface area contributed by atoms with Gasteiger partial charge in [0, 0.05) is 6.20 Å². The summed E-state index contributed by atoms with van der Waals surface area (Å²) in [6.07, 6.45) is 2.25. The first kappa shape index (κ1) is 13.5. The molecule has 0 radical (unpaired) electrons. The molecule has 2 N–H and O–H groups in total. The van der Waals surface area contributed by atoms with Gasteiger partial charge in [-0.2, -0.15) is 0 Å². The van der Waals surface area contributed by atoms with Crippen LogP contribution >= 0.6 is 0 Å². The molecule has 0 spiro atoms. The van der Waals surface area contributed by atoms with E-state index in [0.717, 1.165) is 0 Å². The normalized spacial score (nSPS) is 13.9. The maximum Gasteiger partial charge on any atom is 0.142 e. The molecule has 100 valence electrons. The average Bonchev–Trinajstić information content (AvgIpc) is 2.46. The third kappa shape index (κ3) is 2.44. The zero-order chi connectivity index (χ0) is 13.9. The van der Waals surface area contributed by atoms with E-state index in [1.54, 1.807) is 37.6 Å². The summed E-state index contributed by atoms with van der Waals surface area (Å²) >= 11 is 0. The van der Waals surface area contributed by atoms with Crippen LogP contribution in [0.25, 0.3) is 0 Å². The molecule has 1 aromatic heterocycles. The second-order valence-corrected chi connectivity index (χ2v) is 4.39. The molecule has 2 aromatic rings. The monoisotopic (exact) mass is 260 g/mol. The molecule has 19 heavy (non-hydrogen) atoms. The lowest BCUT2D eigenvalue weighted by Crippen LogP contribution is -2.38. The molecule has 0 amide bonds. The van der Waals surface area contributed by atoms with Crippen LogP contribution in [0.1, 0.15) is 24.6 Å². The first-order chi connectivity index (χ1) is 9.11. The summed E-state index contributed by atoms with van der Waals surface area (Å²) in [6.45, 7) is 1.94. The molecule has 0 aliphatic heterocycles. The Hall–Kier alpha value is -1.94. The Morgan fingerprint density at radius 2 is 2.11 bits per heavy atom. The SMILES string of the molecule is CCC(N)(c1cccc(F)c1)c1ncccc1OC. The van der Waals surface area contributed by atoms with Crippen LogP contribution in [0.2, 0.25) is 0 Å². The van der Waals surface area contributed by atoms with Crippen LogP contribution in [0.15, 0.2) is 42.6 Å². The fourth-order valence-electron chi connectivity index (χ4n) is 2.16. The average molecular weight is 260 g/mol. The van der Waals surface area contributed by atoms with Crippen molar-refractivity contribution in [3.8, 4) is 5.75 Å². The smallest absolute Gasteiger partial charge is 0.142 e. The van der Waals surface area contributed by atoms with Gasteiger partial charge in [-0.25, -0.2) is 4.39 Å². The molecule has 0 saturated heterocycles. The molecule has 0 fully saturated rings. The van der Waals surface area contributed by atoms with E-state index < -0.39 is 5.54 Å². The van der Waals surface area contributed by atoms with Crippen molar-refractivity contribution in [3.63, 3.8) is 0 Å². The molecule has 0 bridgehead atoms. The molecule has 0 aliphatic carbocycles. The van der Waals surface area contributed by atoms with E-state index in [2.05, 4.69) is 4.98 Å². The van der Waals surface area contributed by atoms with Crippen LogP contribution < -0.4 is 10.5 Å². The molecule has 4 heteroatoms. The van der Waals surface area contributed by atoms with Crippen LogP contribution in [0, 0.1) is 5.82 Å². The molecule has 2 rings (SSSR count). The number of nitrogens with two attached hydrogens (primary N) is 1. The van der Waals surface area contributed by atoms with Crippen LogP contribution in [0.4, 0.5) is 4.39 Å². The van der Waals surface area contributed by atoms with Crippen molar-refractivity contribution in [2.45, 2.75) is 18.9 Å². The number of halogens is 1. The van der Waals surface area contributed by atoms with Crippen molar-refractivity contribution in [2.75, 3.05) is 7.11 Å².